The molecular weight excluding hydrogens is 200 g/mol. The van der Waals surface area contributed by atoms with Gasteiger partial charge in [-0.2, -0.15) is 0 Å². The fraction of sp³-hybridized carbons (Fsp3) is 0.100. The van der Waals surface area contributed by atoms with Gasteiger partial charge in [-0.1, -0.05) is 24.3 Å². The minimum absolute atomic E-state index is 0.0869. The molecule has 1 rings (SSSR count). The first kappa shape index (κ1) is 10.7. The number of carboxylic acids is 1. The average molecular weight is 210 g/mol. The van der Waals surface area contributed by atoms with Crippen LogP contribution in [-0.4, -0.2) is 15.3 Å². The van der Waals surface area contributed by atoms with Gasteiger partial charge in [-0.15, -0.1) is 0 Å². The second-order valence-corrected chi connectivity index (χ2v) is 3.99. The molecule has 0 heterocycles. The Morgan fingerprint density at radius 1 is 1.36 bits per heavy atom. The summed E-state index contributed by atoms with van der Waals surface area (Å²) in [6.45, 7) is 1.56. The molecule has 1 aromatic carbocycles. The molecule has 1 N–H and O–H groups in total. The molecule has 74 valence electrons. The molecule has 0 aliphatic rings. The van der Waals surface area contributed by atoms with Crippen molar-refractivity contribution in [2.45, 2.75) is 11.8 Å². The van der Waals surface area contributed by atoms with Crippen LogP contribution in [0, 0.1) is 0 Å². The number of hydrogen-bond acceptors (Lipinski definition) is 2. The minimum Gasteiger partial charge on any atom is -0.477 e. The fourth-order valence-corrected chi connectivity index (χ4v) is 2.01. The second kappa shape index (κ2) is 4.72. The van der Waals surface area contributed by atoms with Gasteiger partial charge in [-0.25, -0.2) is 9.00 Å². The first-order valence-electron chi connectivity index (χ1n) is 4.03. The van der Waals surface area contributed by atoms with Crippen molar-refractivity contribution in [2.24, 2.45) is 0 Å². The molecule has 0 fully saturated rings. The molecule has 1 unspecified atom stereocenters. The lowest BCUT2D eigenvalue weighted by Crippen LogP contribution is -2.06. The Hall–Kier alpha value is -1.42. The van der Waals surface area contributed by atoms with Crippen LogP contribution in [0.1, 0.15) is 6.92 Å². The van der Waals surface area contributed by atoms with E-state index >= 15 is 0 Å². The first-order valence-corrected chi connectivity index (χ1v) is 5.18. The van der Waals surface area contributed by atoms with Crippen molar-refractivity contribution in [3.05, 3.63) is 41.3 Å². The molecule has 0 aliphatic carbocycles. The lowest BCUT2D eigenvalue weighted by Gasteiger charge is -2.01. The Labute approximate surface area is 84.5 Å². The maximum absolute atomic E-state index is 11.7. The fourth-order valence-electron chi connectivity index (χ4n) is 0.981. The van der Waals surface area contributed by atoms with E-state index in [1.165, 1.54) is 6.08 Å². The monoisotopic (exact) mass is 210 g/mol. The van der Waals surface area contributed by atoms with Gasteiger partial charge >= 0.3 is 5.97 Å². The molecule has 3 nitrogen and oxygen atoms in total. The standard InChI is InChI=1S/C10H10O3S/c1-2-9(10(11)12)14(13)8-6-4-3-5-7-8/h2-7H,1H3,(H,11,12)/b9-2-. The molecule has 14 heavy (non-hydrogen) atoms. The first-order chi connectivity index (χ1) is 6.66. The third-order valence-corrected chi connectivity index (χ3v) is 3.14. The van der Waals surface area contributed by atoms with Gasteiger partial charge < -0.3 is 5.11 Å². The summed E-state index contributed by atoms with van der Waals surface area (Å²) < 4.78 is 11.7. The van der Waals surface area contributed by atoms with E-state index in [0.717, 1.165) is 0 Å². The Morgan fingerprint density at radius 2 is 1.93 bits per heavy atom. The molecule has 0 aromatic heterocycles. The van der Waals surface area contributed by atoms with E-state index in [0.29, 0.717) is 4.90 Å². The lowest BCUT2D eigenvalue weighted by molar-refractivity contribution is -0.131. The van der Waals surface area contributed by atoms with Crippen molar-refractivity contribution in [3.8, 4) is 0 Å². The van der Waals surface area contributed by atoms with Crippen LogP contribution in [-0.2, 0) is 15.6 Å². The maximum atomic E-state index is 11.7. The summed E-state index contributed by atoms with van der Waals surface area (Å²) >= 11 is 0. The van der Waals surface area contributed by atoms with E-state index in [1.807, 2.05) is 0 Å². The van der Waals surface area contributed by atoms with Crippen LogP contribution in [0.15, 0.2) is 46.2 Å². The predicted octanol–water partition coefficient (Wildman–Crippen LogP) is 1.78. The van der Waals surface area contributed by atoms with Crippen LogP contribution in [0.4, 0.5) is 0 Å². The molecule has 0 aliphatic heterocycles. The number of benzene rings is 1. The molecule has 0 saturated heterocycles. The minimum atomic E-state index is -1.59. The van der Waals surface area contributed by atoms with E-state index in [9.17, 15) is 9.00 Å². The van der Waals surface area contributed by atoms with Crippen molar-refractivity contribution in [1.82, 2.24) is 0 Å². The maximum Gasteiger partial charge on any atom is 0.344 e. The predicted molar refractivity (Wildman–Crippen MR) is 54.2 cm³/mol. The van der Waals surface area contributed by atoms with Gasteiger partial charge in [-0.05, 0) is 19.1 Å². The number of carbonyl (C=O) groups is 1. The van der Waals surface area contributed by atoms with Crippen molar-refractivity contribution >= 4 is 16.8 Å². The topological polar surface area (TPSA) is 54.4 Å². The summed E-state index contributed by atoms with van der Waals surface area (Å²) in [4.78, 5) is 11.1. The zero-order chi connectivity index (χ0) is 10.6. The summed E-state index contributed by atoms with van der Waals surface area (Å²) in [6, 6.07) is 8.52. The quantitative estimate of drug-likeness (QED) is 0.774. The number of hydrogen-bond donors (Lipinski definition) is 1. The van der Waals surface area contributed by atoms with Gasteiger partial charge in [0.25, 0.3) is 0 Å². The van der Waals surface area contributed by atoms with Crippen LogP contribution >= 0.6 is 0 Å². The van der Waals surface area contributed by atoms with Crippen LogP contribution in [0.3, 0.4) is 0 Å². The molecule has 0 radical (unpaired) electrons. The highest BCUT2D eigenvalue weighted by molar-refractivity contribution is 7.90. The third kappa shape index (κ3) is 2.29. The molecular formula is C10H10O3S. The molecule has 1 aromatic rings. The molecule has 0 bridgehead atoms. The number of rotatable bonds is 3. The Bertz CT molecular complexity index is 382. The summed E-state index contributed by atoms with van der Waals surface area (Å²) in [6.07, 6.45) is 1.35. The Morgan fingerprint density at radius 3 is 2.36 bits per heavy atom. The van der Waals surface area contributed by atoms with Crippen LogP contribution in [0.2, 0.25) is 0 Å². The average Bonchev–Trinajstić information content (AvgIpc) is 2.19. The Kier molecular flexibility index (Phi) is 3.59. The van der Waals surface area contributed by atoms with Gasteiger partial charge in [0.2, 0.25) is 0 Å². The number of carboxylic acid groups (broad SMARTS) is 1. The van der Waals surface area contributed by atoms with E-state index in [1.54, 1.807) is 37.3 Å². The molecule has 0 amide bonds. The highest BCUT2D eigenvalue weighted by Gasteiger charge is 2.15. The largest absolute Gasteiger partial charge is 0.477 e. The molecule has 4 heteroatoms. The number of aliphatic carboxylic acids is 1. The van der Waals surface area contributed by atoms with Crippen molar-refractivity contribution in [1.29, 1.82) is 0 Å². The van der Waals surface area contributed by atoms with Gasteiger partial charge in [0.15, 0.2) is 0 Å². The normalized spacial score (nSPS) is 13.6. The van der Waals surface area contributed by atoms with Gasteiger partial charge in [-0.3, -0.25) is 0 Å². The van der Waals surface area contributed by atoms with Crippen molar-refractivity contribution in [2.75, 3.05) is 0 Å². The molecule has 1 atom stereocenters. The summed E-state index contributed by atoms with van der Waals surface area (Å²) in [5, 5.41) is 8.74. The van der Waals surface area contributed by atoms with E-state index in [-0.39, 0.29) is 4.91 Å². The highest BCUT2D eigenvalue weighted by Crippen LogP contribution is 2.13. The van der Waals surface area contributed by atoms with Gasteiger partial charge in [0.1, 0.15) is 4.91 Å². The smallest absolute Gasteiger partial charge is 0.344 e. The van der Waals surface area contributed by atoms with E-state index < -0.39 is 16.8 Å². The zero-order valence-corrected chi connectivity index (χ0v) is 8.45. The van der Waals surface area contributed by atoms with E-state index in [2.05, 4.69) is 0 Å². The van der Waals surface area contributed by atoms with Crippen molar-refractivity contribution < 1.29 is 14.1 Å². The van der Waals surface area contributed by atoms with E-state index in [4.69, 9.17) is 5.11 Å². The van der Waals surface area contributed by atoms with Crippen LogP contribution in [0.25, 0.3) is 0 Å². The third-order valence-electron chi connectivity index (χ3n) is 1.63. The molecule has 0 spiro atoms. The van der Waals surface area contributed by atoms with Crippen molar-refractivity contribution in [3.63, 3.8) is 0 Å². The van der Waals surface area contributed by atoms with Crippen LogP contribution < -0.4 is 0 Å². The molecule has 0 saturated carbocycles. The highest BCUT2D eigenvalue weighted by atomic mass is 32.2. The van der Waals surface area contributed by atoms with Gasteiger partial charge in [0.05, 0.1) is 10.8 Å². The SMILES string of the molecule is C/C=C(/C(=O)O)S(=O)c1ccccc1. The summed E-state index contributed by atoms with van der Waals surface area (Å²) in [7, 11) is -1.59. The Balaban J connectivity index is 3.02. The summed E-state index contributed by atoms with van der Waals surface area (Å²) in [5.41, 5.74) is 0. The second-order valence-electron chi connectivity index (χ2n) is 2.54. The summed E-state index contributed by atoms with van der Waals surface area (Å²) in [5.74, 6) is -1.14. The van der Waals surface area contributed by atoms with Gasteiger partial charge in [0, 0.05) is 4.90 Å². The lowest BCUT2D eigenvalue weighted by atomic mass is 10.4. The number of allylic oxidation sites excluding steroid dienone is 1. The van der Waals surface area contributed by atoms with Crippen LogP contribution in [0.5, 0.6) is 0 Å². The zero-order valence-electron chi connectivity index (χ0n) is 7.64.